The van der Waals surface area contributed by atoms with Crippen molar-refractivity contribution in [3.05, 3.63) is 54.0 Å². The molecule has 8 heteroatoms. The Kier molecular flexibility index (Phi) is 5.17. The molecule has 4 rings (SSSR count). The Balaban J connectivity index is 1.36. The molecule has 0 spiro atoms. The fourth-order valence-electron chi connectivity index (χ4n) is 3.21. The zero-order valence-electron chi connectivity index (χ0n) is 15.6. The van der Waals surface area contributed by atoms with Gasteiger partial charge in [0.1, 0.15) is 17.6 Å². The molecule has 1 aromatic carbocycles. The molecule has 1 fully saturated rings. The number of nitrogens with zero attached hydrogens (tertiary/aromatic N) is 6. The van der Waals surface area contributed by atoms with Gasteiger partial charge in [-0.25, -0.2) is 4.98 Å². The van der Waals surface area contributed by atoms with Gasteiger partial charge in [0.05, 0.1) is 19.2 Å². The first-order valence-corrected chi connectivity index (χ1v) is 9.06. The molecule has 1 aliphatic heterocycles. The molecule has 28 heavy (non-hydrogen) atoms. The van der Waals surface area contributed by atoms with Crippen LogP contribution in [0.15, 0.2) is 47.0 Å². The first-order valence-electron chi connectivity index (χ1n) is 9.06. The largest absolute Gasteiger partial charge is 0.497 e. The highest BCUT2D eigenvalue weighted by Crippen LogP contribution is 2.22. The number of hydrogen-bond donors (Lipinski definition) is 0. The van der Waals surface area contributed by atoms with Crippen molar-refractivity contribution >= 4 is 5.82 Å². The third-order valence-electron chi connectivity index (χ3n) is 4.74. The molecule has 0 unspecified atom stereocenters. The number of anilines is 1. The average molecular weight is 376 g/mol. The second-order valence-corrected chi connectivity index (χ2v) is 6.48. The normalized spacial score (nSPS) is 14.6. The minimum atomic E-state index is 0.503. The maximum atomic E-state index is 9.26. The predicted octanol–water partition coefficient (Wildman–Crippen LogP) is 2.33. The van der Waals surface area contributed by atoms with Crippen LogP contribution in [0.5, 0.6) is 5.75 Å². The van der Waals surface area contributed by atoms with Gasteiger partial charge in [-0.1, -0.05) is 0 Å². The molecule has 0 radical (unpaired) electrons. The lowest BCUT2D eigenvalue weighted by molar-refractivity contribution is 0.226. The number of piperazine rings is 1. The third-order valence-corrected chi connectivity index (χ3v) is 4.74. The van der Waals surface area contributed by atoms with Crippen molar-refractivity contribution in [3.63, 3.8) is 0 Å². The Hall–Kier alpha value is -3.44. The number of nitriles is 1. The molecular weight excluding hydrogens is 356 g/mol. The molecule has 0 aliphatic carbocycles. The number of rotatable bonds is 5. The zero-order chi connectivity index (χ0) is 19.3. The molecule has 0 N–H and O–H groups in total. The van der Waals surface area contributed by atoms with Crippen LogP contribution in [0.2, 0.25) is 0 Å². The van der Waals surface area contributed by atoms with E-state index >= 15 is 0 Å². The third kappa shape index (κ3) is 3.80. The second-order valence-electron chi connectivity index (χ2n) is 6.48. The number of aromatic nitrogens is 3. The van der Waals surface area contributed by atoms with E-state index in [-0.39, 0.29) is 0 Å². The van der Waals surface area contributed by atoms with Gasteiger partial charge in [-0.2, -0.15) is 5.26 Å². The Labute approximate surface area is 163 Å². The molecular formula is C20H20N6O2. The van der Waals surface area contributed by atoms with Crippen molar-refractivity contribution < 1.29 is 9.15 Å². The molecule has 2 aromatic heterocycles. The lowest BCUT2D eigenvalue weighted by atomic mass is 10.2. The number of methoxy groups -OCH3 is 1. The van der Waals surface area contributed by atoms with Crippen LogP contribution in [-0.2, 0) is 6.54 Å². The van der Waals surface area contributed by atoms with E-state index in [4.69, 9.17) is 9.15 Å². The smallest absolute Gasteiger partial charge is 0.247 e. The summed E-state index contributed by atoms with van der Waals surface area (Å²) in [4.78, 5) is 8.77. The number of hydrogen-bond acceptors (Lipinski definition) is 8. The van der Waals surface area contributed by atoms with Crippen molar-refractivity contribution in [2.45, 2.75) is 6.54 Å². The number of pyridine rings is 1. The minimum absolute atomic E-state index is 0.503. The van der Waals surface area contributed by atoms with Gasteiger partial charge in [-0.15, -0.1) is 10.2 Å². The molecule has 3 heterocycles. The van der Waals surface area contributed by atoms with Crippen molar-refractivity contribution in [1.29, 1.82) is 5.26 Å². The van der Waals surface area contributed by atoms with Crippen molar-refractivity contribution in [2.75, 3.05) is 38.2 Å². The van der Waals surface area contributed by atoms with E-state index in [0.29, 0.717) is 23.9 Å². The van der Waals surface area contributed by atoms with Crippen LogP contribution in [0, 0.1) is 11.3 Å². The lowest BCUT2D eigenvalue weighted by Crippen LogP contribution is -2.46. The molecule has 3 aromatic rings. The quantitative estimate of drug-likeness (QED) is 0.670. The van der Waals surface area contributed by atoms with Crippen LogP contribution >= 0.6 is 0 Å². The summed E-state index contributed by atoms with van der Waals surface area (Å²) in [7, 11) is 1.63. The summed E-state index contributed by atoms with van der Waals surface area (Å²) in [5, 5.41) is 17.6. The van der Waals surface area contributed by atoms with E-state index in [1.54, 1.807) is 25.4 Å². The van der Waals surface area contributed by atoms with E-state index in [1.807, 2.05) is 24.3 Å². The van der Waals surface area contributed by atoms with Gasteiger partial charge in [0.25, 0.3) is 0 Å². The van der Waals surface area contributed by atoms with Crippen LogP contribution in [0.4, 0.5) is 5.82 Å². The van der Waals surface area contributed by atoms with Gasteiger partial charge < -0.3 is 14.1 Å². The summed E-state index contributed by atoms with van der Waals surface area (Å²) >= 11 is 0. The monoisotopic (exact) mass is 376 g/mol. The summed E-state index contributed by atoms with van der Waals surface area (Å²) in [6.07, 6.45) is 1.72. The van der Waals surface area contributed by atoms with Gasteiger partial charge in [-0.05, 0) is 36.4 Å². The van der Waals surface area contributed by atoms with Gasteiger partial charge in [-0.3, -0.25) is 4.90 Å². The minimum Gasteiger partial charge on any atom is -0.497 e. The molecule has 142 valence electrons. The van der Waals surface area contributed by atoms with Gasteiger partial charge in [0, 0.05) is 37.9 Å². The number of ether oxygens (including phenoxy) is 1. The van der Waals surface area contributed by atoms with Crippen LogP contribution < -0.4 is 9.64 Å². The average Bonchev–Trinajstić information content (AvgIpc) is 3.23. The van der Waals surface area contributed by atoms with Crippen LogP contribution in [0.3, 0.4) is 0 Å². The van der Waals surface area contributed by atoms with Crippen molar-refractivity contribution in [1.82, 2.24) is 20.1 Å². The van der Waals surface area contributed by atoms with Crippen LogP contribution in [0.1, 0.15) is 11.5 Å². The van der Waals surface area contributed by atoms with Crippen LogP contribution in [0.25, 0.3) is 11.5 Å². The molecule has 0 atom stereocenters. The molecule has 0 bridgehead atoms. The maximum Gasteiger partial charge on any atom is 0.247 e. The van der Waals surface area contributed by atoms with E-state index in [2.05, 4.69) is 31.1 Å². The summed E-state index contributed by atoms with van der Waals surface area (Å²) < 4.78 is 11.0. The standard InChI is InChI=1S/C20H20N6O2/c1-27-17-6-4-15(5-7-17)20-24-23-18(28-20)14-25-9-11-26(12-10-25)19-16(13-21)3-2-8-22-19/h2-8H,9-12,14H2,1H3. The zero-order valence-corrected chi connectivity index (χ0v) is 15.6. The second kappa shape index (κ2) is 8.06. The van der Waals surface area contributed by atoms with Gasteiger partial charge in [0.15, 0.2) is 0 Å². The lowest BCUT2D eigenvalue weighted by Gasteiger charge is -2.34. The number of benzene rings is 1. The van der Waals surface area contributed by atoms with Crippen molar-refractivity contribution in [2.24, 2.45) is 0 Å². The summed E-state index contributed by atoms with van der Waals surface area (Å²) in [5.41, 5.74) is 1.47. The highest BCUT2D eigenvalue weighted by molar-refractivity contribution is 5.54. The Bertz CT molecular complexity index is 971. The summed E-state index contributed by atoms with van der Waals surface area (Å²) in [6, 6.07) is 13.3. The maximum absolute atomic E-state index is 9.26. The first-order chi connectivity index (χ1) is 13.8. The fourth-order valence-corrected chi connectivity index (χ4v) is 3.21. The molecule has 1 aliphatic rings. The first kappa shape index (κ1) is 17.9. The molecule has 1 saturated heterocycles. The van der Waals surface area contributed by atoms with E-state index in [0.717, 1.165) is 43.3 Å². The van der Waals surface area contributed by atoms with Gasteiger partial charge in [0.2, 0.25) is 11.8 Å². The van der Waals surface area contributed by atoms with Crippen molar-refractivity contribution in [3.8, 4) is 23.3 Å². The molecule has 0 amide bonds. The molecule has 0 saturated carbocycles. The Morgan fingerprint density at radius 3 is 2.61 bits per heavy atom. The SMILES string of the molecule is COc1ccc(-c2nnc(CN3CCN(c4ncccc4C#N)CC3)o2)cc1. The van der Waals surface area contributed by atoms with E-state index in [1.165, 1.54) is 0 Å². The van der Waals surface area contributed by atoms with Gasteiger partial charge >= 0.3 is 0 Å². The Morgan fingerprint density at radius 1 is 1.11 bits per heavy atom. The molecule has 8 nitrogen and oxygen atoms in total. The predicted molar refractivity (Wildman–Crippen MR) is 103 cm³/mol. The summed E-state index contributed by atoms with van der Waals surface area (Å²) in [6.45, 7) is 3.87. The summed E-state index contributed by atoms with van der Waals surface area (Å²) in [5.74, 6) is 2.64. The Morgan fingerprint density at radius 2 is 1.89 bits per heavy atom. The van der Waals surface area contributed by atoms with E-state index < -0.39 is 0 Å². The van der Waals surface area contributed by atoms with E-state index in [9.17, 15) is 5.26 Å². The topological polar surface area (TPSA) is 91.3 Å². The highest BCUT2D eigenvalue weighted by atomic mass is 16.5. The fraction of sp³-hybridized carbons (Fsp3) is 0.300. The van der Waals surface area contributed by atoms with Crippen LogP contribution in [-0.4, -0.2) is 53.4 Å². The highest BCUT2D eigenvalue weighted by Gasteiger charge is 2.21.